The summed E-state index contributed by atoms with van der Waals surface area (Å²) in [7, 11) is 0. The molecule has 0 spiro atoms. The first-order valence-electron chi connectivity index (χ1n) is 8.75. The van der Waals surface area contributed by atoms with Gasteiger partial charge in [0.2, 0.25) is 5.95 Å². The number of anilines is 1. The number of para-hydroxylation sites is 1. The molecule has 1 N–H and O–H groups in total. The molecule has 0 aliphatic heterocycles. The number of rotatable bonds is 4. The molecule has 0 aliphatic rings. The number of hydrogen-bond donors (Lipinski definition) is 1. The molecule has 0 unspecified atom stereocenters. The van der Waals surface area contributed by atoms with Crippen LogP contribution in [-0.2, 0) is 0 Å². The van der Waals surface area contributed by atoms with Gasteiger partial charge in [-0.15, -0.1) is 0 Å². The molecule has 0 amide bonds. The Balaban J connectivity index is 1.80. The van der Waals surface area contributed by atoms with E-state index >= 15 is 0 Å². The lowest BCUT2D eigenvalue weighted by molar-refractivity contribution is 0.955. The molecule has 0 radical (unpaired) electrons. The topological polar surface area (TPSA) is 59.3 Å². The summed E-state index contributed by atoms with van der Waals surface area (Å²) in [4.78, 5) is 17.8. The highest BCUT2D eigenvalue weighted by Gasteiger charge is 2.12. The highest BCUT2D eigenvalue weighted by atomic mass is 35.5. The summed E-state index contributed by atoms with van der Waals surface area (Å²) in [5, 5.41) is 5.47. The van der Waals surface area contributed by atoms with Gasteiger partial charge in [-0.3, -0.25) is 4.79 Å². The van der Waals surface area contributed by atoms with Gasteiger partial charge in [0.15, 0.2) is 0 Å². The Kier molecular flexibility index (Phi) is 4.91. The van der Waals surface area contributed by atoms with Crippen LogP contribution in [0.1, 0.15) is 11.1 Å². The van der Waals surface area contributed by atoms with Gasteiger partial charge in [0, 0.05) is 5.02 Å². The highest BCUT2D eigenvalue weighted by molar-refractivity contribution is 6.30. The number of hydrazone groups is 1. The molecule has 0 fully saturated rings. The normalized spacial score (nSPS) is 11.2. The minimum absolute atomic E-state index is 0.152. The molecule has 0 atom stereocenters. The van der Waals surface area contributed by atoms with Gasteiger partial charge < -0.3 is 0 Å². The Morgan fingerprint density at radius 1 is 1.04 bits per heavy atom. The van der Waals surface area contributed by atoms with Crippen molar-refractivity contribution in [3.05, 3.63) is 99.3 Å². The summed E-state index contributed by atoms with van der Waals surface area (Å²) >= 11 is 5.91. The second-order valence-corrected chi connectivity index (χ2v) is 6.79. The van der Waals surface area contributed by atoms with Crippen LogP contribution >= 0.6 is 11.6 Å². The summed E-state index contributed by atoms with van der Waals surface area (Å²) in [6.45, 7) is 1.98. The molecule has 0 bridgehead atoms. The summed E-state index contributed by atoms with van der Waals surface area (Å²) in [6.07, 6.45) is 1.65. The van der Waals surface area contributed by atoms with E-state index in [1.807, 2.05) is 61.5 Å². The molecular formula is C22H17ClN4O. The third-order valence-electron chi connectivity index (χ3n) is 4.28. The van der Waals surface area contributed by atoms with Gasteiger partial charge in [-0.25, -0.2) is 15.0 Å². The lowest BCUT2D eigenvalue weighted by atomic mass is 10.2. The third kappa shape index (κ3) is 3.66. The van der Waals surface area contributed by atoms with E-state index < -0.39 is 0 Å². The fourth-order valence-electron chi connectivity index (χ4n) is 2.93. The molecule has 0 aliphatic carbocycles. The van der Waals surface area contributed by atoms with E-state index in [4.69, 9.17) is 11.6 Å². The number of nitrogens with one attached hydrogen (secondary N) is 1. The quantitative estimate of drug-likeness (QED) is 0.403. The minimum atomic E-state index is -0.152. The fourth-order valence-corrected chi connectivity index (χ4v) is 3.05. The van der Waals surface area contributed by atoms with Crippen LogP contribution in [-0.4, -0.2) is 15.8 Å². The second-order valence-electron chi connectivity index (χ2n) is 6.35. The minimum Gasteiger partial charge on any atom is -0.268 e. The van der Waals surface area contributed by atoms with Crippen LogP contribution < -0.4 is 11.0 Å². The highest BCUT2D eigenvalue weighted by Crippen LogP contribution is 2.17. The number of halogens is 1. The van der Waals surface area contributed by atoms with Gasteiger partial charge >= 0.3 is 0 Å². The Morgan fingerprint density at radius 3 is 2.61 bits per heavy atom. The van der Waals surface area contributed by atoms with E-state index in [0.717, 1.165) is 16.8 Å². The number of hydrogen-bond acceptors (Lipinski definition) is 4. The monoisotopic (exact) mass is 388 g/mol. The molecular weight excluding hydrogens is 372 g/mol. The summed E-state index contributed by atoms with van der Waals surface area (Å²) < 4.78 is 1.54. The molecule has 0 saturated heterocycles. The molecule has 1 heterocycles. The van der Waals surface area contributed by atoms with Gasteiger partial charge in [-0.2, -0.15) is 5.10 Å². The number of benzene rings is 3. The molecule has 6 heteroatoms. The van der Waals surface area contributed by atoms with Crippen molar-refractivity contribution in [1.82, 2.24) is 9.55 Å². The smallest absolute Gasteiger partial charge is 0.267 e. The first-order chi connectivity index (χ1) is 13.6. The number of aromatic nitrogens is 2. The zero-order valence-corrected chi connectivity index (χ0v) is 15.9. The average Bonchev–Trinajstić information content (AvgIpc) is 2.70. The van der Waals surface area contributed by atoms with Crippen molar-refractivity contribution >= 4 is 34.7 Å². The standard InChI is InChI=1S/C22H17ClN4O/c1-15-5-4-6-18(13-15)27-21(28)19-7-2-3-8-20(19)25-22(27)26-24-14-16-9-11-17(23)12-10-16/h2-14H,1H3,(H,25,26)/b24-14+. The van der Waals surface area contributed by atoms with Gasteiger partial charge in [0.25, 0.3) is 5.56 Å². The first-order valence-corrected chi connectivity index (χ1v) is 9.13. The lowest BCUT2D eigenvalue weighted by Gasteiger charge is -2.13. The van der Waals surface area contributed by atoms with Gasteiger partial charge in [-0.1, -0.05) is 48.0 Å². The maximum Gasteiger partial charge on any atom is 0.267 e. The van der Waals surface area contributed by atoms with E-state index in [-0.39, 0.29) is 5.56 Å². The van der Waals surface area contributed by atoms with E-state index in [0.29, 0.717) is 21.9 Å². The van der Waals surface area contributed by atoms with E-state index in [1.165, 1.54) is 4.57 Å². The largest absolute Gasteiger partial charge is 0.268 e. The van der Waals surface area contributed by atoms with Crippen molar-refractivity contribution in [2.45, 2.75) is 6.92 Å². The van der Waals surface area contributed by atoms with Crippen molar-refractivity contribution in [3.63, 3.8) is 0 Å². The van der Waals surface area contributed by atoms with Crippen molar-refractivity contribution in [2.24, 2.45) is 5.10 Å². The summed E-state index contributed by atoms with van der Waals surface area (Å²) in [5.41, 5.74) is 6.03. The van der Waals surface area contributed by atoms with Crippen LogP contribution in [0, 0.1) is 6.92 Å². The fraction of sp³-hybridized carbons (Fsp3) is 0.0455. The van der Waals surface area contributed by atoms with Crippen LogP contribution in [0.4, 0.5) is 5.95 Å². The molecule has 4 aromatic rings. The zero-order chi connectivity index (χ0) is 19.5. The van der Waals surface area contributed by atoms with E-state index in [9.17, 15) is 4.79 Å². The van der Waals surface area contributed by atoms with Crippen LogP contribution in [0.2, 0.25) is 5.02 Å². The van der Waals surface area contributed by atoms with Crippen molar-refractivity contribution in [3.8, 4) is 5.69 Å². The SMILES string of the molecule is Cc1cccc(-n2c(N/N=C/c3ccc(Cl)cc3)nc3ccccc3c2=O)c1. The van der Waals surface area contributed by atoms with Gasteiger partial charge in [0.1, 0.15) is 0 Å². The number of nitrogens with zero attached hydrogens (tertiary/aromatic N) is 3. The zero-order valence-electron chi connectivity index (χ0n) is 15.1. The lowest BCUT2D eigenvalue weighted by Crippen LogP contribution is -2.22. The molecule has 5 nitrogen and oxygen atoms in total. The van der Waals surface area contributed by atoms with Crippen LogP contribution in [0.5, 0.6) is 0 Å². The average molecular weight is 389 g/mol. The summed E-state index contributed by atoms with van der Waals surface area (Å²) in [5.74, 6) is 0.347. The van der Waals surface area contributed by atoms with Crippen molar-refractivity contribution < 1.29 is 0 Å². The predicted octanol–water partition coefficient (Wildman–Crippen LogP) is 4.79. The maximum atomic E-state index is 13.1. The van der Waals surface area contributed by atoms with Gasteiger partial charge in [-0.05, 0) is 54.4 Å². The Morgan fingerprint density at radius 2 is 1.82 bits per heavy atom. The molecule has 0 saturated carbocycles. The van der Waals surface area contributed by atoms with E-state index in [1.54, 1.807) is 24.4 Å². The predicted molar refractivity (Wildman–Crippen MR) is 115 cm³/mol. The molecule has 1 aromatic heterocycles. The number of aryl methyl sites for hydroxylation is 1. The second kappa shape index (κ2) is 7.66. The van der Waals surface area contributed by atoms with Gasteiger partial charge in [0.05, 0.1) is 22.8 Å². The van der Waals surface area contributed by atoms with E-state index in [2.05, 4.69) is 15.5 Å². The Hall–Kier alpha value is -3.44. The van der Waals surface area contributed by atoms with Crippen molar-refractivity contribution in [2.75, 3.05) is 5.43 Å². The van der Waals surface area contributed by atoms with Crippen molar-refractivity contribution in [1.29, 1.82) is 0 Å². The maximum absolute atomic E-state index is 13.1. The molecule has 3 aromatic carbocycles. The third-order valence-corrected chi connectivity index (χ3v) is 4.54. The summed E-state index contributed by atoms with van der Waals surface area (Å²) in [6, 6.07) is 22.3. The molecule has 138 valence electrons. The molecule has 4 rings (SSSR count). The Bertz CT molecular complexity index is 1230. The van der Waals surface area contributed by atoms with Crippen LogP contribution in [0.25, 0.3) is 16.6 Å². The van der Waals surface area contributed by atoms with Crippen LogP contribution in [0.3, 0.4) is 0 Å². The van der Waals surface area contributed by atoms with Crippen LogP contribution in [0.15, 0.2) is 82.7 Å². The Labute approximate surface area is 166 Å². The number of fused-ring (bicyclic) bond motifs is 1. The molecule has 28 heavy (non-hydrogen) atoms. The first kappa shape index (κ1) is 17.9.